The van der Waals surface area contributed by atoms with Crippen molar-refractivity contribution in [2.24, 2.45) is 4.36 Å². The minimum atomic E-state index is -3.48. The molecule has 5 rings (SSSR count). The van der Waals surface area contributed by atoms with Crippen LogP contribution in [0.25, 0.3) is 0 Å². The fourth-order valence-corrected chi connectivity index (χ4v) is 7.52. The van der Waals surface area contributed by atoms with Crippen LogP contribution in [0.15, 0.2) is 34.7 Å². The lowest BCUT2D eigenvalue weighted by molar-refractivity contribution is -0.118. The van der Waals surface area contributed by atoms with Gasteiger partial charge in [-0.3, -0.25) is 9.52 Å². The normalized spacial score (nSPS) is 21.8. The van der Waals surface area contributed by atoms with Gasteiger partial charge in [0, 0.05) is 12.1 Å². The average molecular weight is 470 g/mol. The van der Waals surface area contributed by atoms with Crippen LogP contribution in [-0.4, -0.2) is 21.6 Å². The molecule has 0 aromatic heterocycles. The second kappa shape index (κ2) is 8.04. The zero-order chi connectivity index (χ0) is 23.4. The van der Waals surface area contributed by atoms with Gasteiger partial charge in [-0.2, -0.15) is 4.36 Å². The highest BCUT2D eigenvalue weighted by Gasteiger charge is 2.37. The Morgan fingerprint density at radius 3 is 2.42 bits per heavy atom. The van der Waals surface area contributed by atoms with Gasteiger partial charge in [-0.05, 0) is 96.0 Å². The molecule has 8 heteroatoms. The molecule has 3 aliphatic rings. The molecule has 1 heterocycles. The summed E-state index contributed by atoms with van der Waals surface area (Å²) in [6.07, 6.45) is 6.11. The molecule has 0 spiro atoms. The van der Waals surface area contributed by atoms with Crippen molar-refractivity contribution in [1.29, 1.82) is 0 Å². The highest BCUT2D eigenvalue weighted by molar-refractivity contribution is 7.99. The van der Waals surface area contributed by atoms with Crippen LogP contribution in [0.3, 0.4) is 0 Å². The summed E-state index contributed by atoms with van der Waals surface area (Å²) in [5, 5.41) is 12.7. The number of hydrogen-bond donors (Lipinski definition) is 5. The molecule has 0 bridgehead atoms. The number of amides is 3. The van der Waals surface area contributed by atoms with Gasteiger partial charge in [0.25, 0.3) is 0 Å². The maximum atomic E-state index is 13.1. The number of anilines is 1. The number of thiol groups is 1. The van der Waals surface area contributed by atoms with E-state index in [4.69, 9.17) is 0 Å². The molecule has 33 heavy (non-hydrogen) atoms. The standard InChI is InChI=1S/C25H31N3O4S/c1-25(2,31)18-9-3-8-17(13-18)21-14-22(29)27-33(21,32)28-24(30)26-23-19-10-4-6-15(19)12-16-7-5-11-20(16)23/h3,8-9,12-13,21,31,33H,4-7,10-11,14H2,1-2H3,(H3,26,27,28,29,30,32). The molecule has 0 radical (unpaired) electrons. The number of nitrogens with one attached hydrogen (secondary N) is 2. The summed E-state index contributed by atoms with van der Waals surface area (Å²) >= 11 is 0. The Bertz CT molecular complexity index is 1180. The smallest absolute Gasteiger partial charge is 0.353 e. The zero-order valence-electron chi connectivity index (χ0n) is 19.0. The van der Waals surface area contributed by atoms with Gasteiger partial charge in [0.2, 0.25) is 5.91 Å². The second-order valence-electron chi connectivity index (χ2n) is 9.85. The van der Waals surface area contributed by atoms with Crippen LogP contribution < -0.4 is 10.0 Å². The number of rotatable bonds is 3. The van der Waals surface area contributed by atoms with Crippen LogP contribution >= 0.6 is 0 Å². The van der Waals surface area contributed by atoms with Crippen LogP contribution in [0, 0.1) is 0 Å². The van der Waals surface area contributed by atoms with Crippen molar-refractivity contribution in [3.05, 3.63) is 63.7 Å². The van der Waals surface area contributed by atoms with Crippen molar-refractivity contribution in [3.63, 3.8) is 0 Å². The number of urea groups is 1. The first-order valence-corrected chi connectivity index (χ1v) is 13.4. The number of aryl methyl sites for hydroxylation is 2. The predicted octanol–water partition coefficient (Wildman–Crippen LogP) is 4.14. The third kappa shape index (κ3) is 4.11. The minimum absolute atomic E-state index is 0.0481. The fraction of sp³-hybridized carbons (Fsp3) is 0.440. The van der Waals surface area contributed by atoms with Gasteiger partial charge in [-0.25, -0.2) is 4.79 Å². The molecule has 1 fully saturated rings. The van der Waals surface area contributed by atoms with E-state index in [2.05, 4.69) is 20.5 Å². The Kier molecular flexibility index (Phi) is 5.42. The number of nitrogens with zero attached hydrogens (tertiary/aromatic N) is 1. The maximum Gasteiger partial charge on any atom is 0.353 e. The first kappa shape index (κ1) is 22.3. The van der Waals surface area contributed by atoms with Gasteiger partial charge in [0.05, 0.1) is 10.9 Å². The molecule has 1 aliphatic heterocycles. The van der Waals surface area contributed by atoms with E-state index in [1.165, 1.54) is 22.3 Å². The molecule has 1 unspecified atom stereocenters. The van der Waals surface area contributed by atoms with Crippen molar-refractivity contribution in [3.8, 4) is 0 Å². The molecule has 0 saturated carbocycles. The van der Waals surface area contributed by atoms with Gasteiger partial charge in [-0.15, -0.1) is 0 Å². The van der Waals surface area contributed by atoms with Crippen molar-refractivity contribution < 1.29 is 19.2 Å². The molecule has 176 valence electrons. The zero-order valence-corrected chi connectivity index (χ0v) is 19.9. The molecule has 3 amide bonds. The van der Waals surface area contributed by atoms with Gasteiger partial charge in [0.1, 0.15) is 0 Å². The Morgan fingerprint density at radius 1 is 1.12 bits per heavy atom. The monoisotopic (exact) mass is 469 g/mol. The lowest BCUT2D eigenvalue weighted by atomic mass is 9.95. The summed E-state index contributed by atoms with van der Waals surface area (Å²) in [4.78, 5) is 25.4. The third-order valence-electron chi connectivity index (χ3n) is 7.03. The number of hydrogen-bond acceptors (Lipinski definition) is 3. The van der Waals surface area contributed by atoms with Gasteiger partial charge in [-0.1, -0.05) is 30.3 Å². The predicted molar refractivity (Wildman–Crippen MR) is 131 cm³/mol. The lowest BCUT2D eigenvalue weighted by Crippen LogP contribution is -2.31. The topological polar surface area (TPSA) is 111 Å². The van der Waals surface area contributed by atoms with E-state index in [9.17, 15) is 19.2 Å². The maximum absolute atomic E-state index is 13.1. The lowest BCUT2D eigenvalue weighted by Gasteiger charge is -2.27. The summed E-state index contributed by atoms with van der Waals surface area (Å²) in [6.45, 7) is 3.36. The van der Waals surface area contributed by atoms with E-state index in [0.29, 0.717) is 11.1 Å². The van der Waals surface area contributed by atoms with Crippen LogP contribution in [0.4, 0.5) is 10.5 Å². The van der Waals surface area contributed by atoms with Crippen LogP contribution in [0.1, 0.15) is 71.7 Å². The van der Waals surface area contributed by atoms with Crippen molar-refractivity contribution in [2.75, 3.05) is 5.32 Å². The summed E-state index contributed by atoms with van der Waals surface area (Å²) in [7, 11) is -3.48. The van der Waals surface area contributed by atoms with Gasteiger partial charge >= 0.3 is 6.03 Å². The fourth-order valence-electron chi connectivity index (χ4n) is 5.39. The largest absolute Gasteiger partial charge is 0.386 e. The van der Waals surface area contributed by atoms with Crippen molar-refractivity contribution >= 4 is 27.9 Å². The summed E-state index contributed by atoms with van der Waals surface area (Å²) in [5.74, 6) is -0.331. The Morgan fingerprint density at radius 2 is 1.79 bits per heavy atom. The molecule has 2 aromatic carbocycles. The number of carbonyl (C=O) groups is 2. The first-order chi connectivity index (χ1) is 15.6. The third-order valence-corrected chi connectivity index (χ3v) is 9.44. The summed E-state index contributed by atoms with van der Waals surface area (Å²) < 4.78 is 18.2. The molecule has 1 atom stereocenters. The van der Waals surface area contributed by atoms with Crippen molar-refractivity contribution in [2.45, 2.75) is 69.6 Å². The number of benzene rings is 2. The summed E-state index contributed by atoms with van der Waals surface area (Å²) in [5.41, 5.74) is 6.14. The van der Waals surface area contributed by atoms with E-state index in [1.54, 1.807) is 38.1 Å². The quantitative estimate of drug-likeness (QED) is 0.435. The van der Waals surface area contributed by atoms with Crippen LogP contribution in [-0.2, 0) is 46.4 Å². The molecular formula is C25H31N3O4S. The van der Waals surface area contributed by atoms with E-state index >= 15 is 0 Å². The van der Waals surface area contributed by atoms with Crippen LogP contribution in [0.5, 0.6) is 0 Å². The SMILES string of the molecule is CC(C)(O)c1cccc(C2CC(=O)N[SH]2(O)=NC(=O)Nc2c3c(cc4c2CCC4)CCC3)c1. The van der Waals surface area contributed by atoms with E-state index in [1.807, 2.05) is 0 Å². The van der Waals surface area contributed by atoms with E-state index in [0.717, 1.165) is 44.2 Å². The molecular weight excluding hydrogens is 438 g/mol. The Hall–Kier alpha value is -2.55. The second-order valence-corrected chi connectivity index (χ2v) is 12.2. The van der Waals surface area contributed by atoms with E-state index in [-0.39, 0.29) is 12.3 Å². The number of aliphatic hydroxyl groups is 1. The molecule has 4 N–H and O–H groups in total. The molecule has 2 aliphatic carbocycles. The first-order valence-electron chi connectivity index (χ1n) is 11.6. The molecule has 7 nitrogen and oxygen atoms in total. The highest BCUT2D eigenvalue weighted by Crippen LogP contribution is 2.40. The number of carbonyl (C=O) groups excluding carboxylic acids is 2. The van der Waals surface area contributed by atoms with Crippen molar-refractivity contribution in [1.82, 2.24) is 4.72 Å². The Balaban J connectivity index is 1.49. The summed E-state index contributed by atoms with van der Waals surface area (Å²) in [6, 6.07) is 8.83. The molecule has 1 saturated heterocycles. The molecule has 2 aromatic rings. The highest BCUT2D eigenvalue weighted by atomic mass is 32.3. The van der Waals surface area contributed by atoms with Gasteiger partial charge < -0.3 is 15.0 Å². The number of fused-ring (bicyclic) bond motifs is 2. The minimum Gasteiger partial charge on any atom is -0.386 e. The van der Waals surface area contributed by atoms with E-state index < -0.39 is 27.2 Å². The Labute approximate surface area is 195 Å². The van der Waals surface area contributed by atoms with Crippen LogP contribution in [0.2, 0.25) is 0 Å². The average Bonchev–Trinajstić information content (AvgIpc) is 3.46. The van der Waals surface area contributed by atoms with Gasteiger partial charge in [0.15, 0.2) is 0 Å².